The van der Waals surface area contributed by atoms with Gasteiger partial charge in [0.15, 0.2) is 0 Å². The second kappa shape index (κ2) is 7.86. The standard InChI is InChI=1S/C15H21FN4O2/c1-17-10-15(22)20-8-6-19(7-9-20)11-14(21)18-13-4-2-12(16)3-5-13/h2-5,17H,6-11H2,1H3,(H,18,21). The van der Waals surface area contributed by atoms with Crippen LogP contribution in [0.3, 0.4) is 0 Å². The highest BCUT2D eigenvalue weighted by Crippen LogP contribution is 2.08. The van der Waals surface area contributed by atoms with Crippen molar-refractivity contribution in [2.45, 2.75) is 0 Å². The number of carbonyl (C=O) groups excluding carboxylic acids is 2. The normalized spacial score (nSPS) is 15.6. The van der Waals surface area contributed by atoms with Gasteiger partial charge in [0.25, 0.3) is 0 Å². The van der Waals surface area contributed by atoms with E-state index in [1.165, 1.54) is 24.3 Å². The lowest BCUT2D eigenvalue weighted by molar-refractivity contribution is -0.132. The van der Waals surface area contributed by atoms with Gasteiger partial charge < -0.3 is 15.5 Å². The number of benzene rings is 1. The molecule has 0 aliphatic carbocycles. The minimum atomic E-state index is -0.333. The highest BCUT2D eigenvalue weighted by atomic mass is 19.1. The number of halogens is 1. The summed E-state index contributed by atoms with van der Waals surface area (Å²) in [6.45, 7) is 3.21. The first-order chi connectivity index (χ1) is 10.6. The molecule has 0 saturated carbocycles. The third-order valence-corrected chi connectivity index (χ3v) is 3.55. The molecule has 1 aromatic rings. The first kappa shape index (κ1) is 16.4. The van der Waals surface area contributed by atoms with Crippen molar-refractivity contribution < 1.29 is 14.0 Å². The Kier molecular flexibility index (Phi) is 5.85. The molecule has 1 aliphatic rings. The minimum absolute atomic E-state index is 0.0814. The quantitative estimate of drug-likeness (QED) is 0.811. The molecule has 1 fully saturated rings. The number of hydrogen-bond acceptors (Lipinski definition) is 4. The van der Waals surface area contributed by atoms with E-state index in [1.54, 1.807) is 11.9 Å². The third-order valence-electron chi connectivity index (χ3n) is 3.55. The van der Waals surface area contributed by atoms with Crippen LogP contribution in [0.2, 0.25) is 0 Å². The number of hydrogen-bond donors (Lipinski definition) is 2. The molecule has 1 saturated heterocycles. The van der Waals surface area contributed by atoms with E-state index in [2.05, 4.69) is 10.6 Å². The molecule has 1 aliphatic heterocycles. The van der Waals surface area contributed by atoms with Gasteiger partial charge in [0.2, 0.25) is 11.8 Å². The van der Waals surface area contributed by atoms with Crippen molar-refractivity contribution in [2.75, 3.05) is 51.6 Å². The maximum atomic E-state index is 12.8. The minimum Gasteiger partial charge on any atom is -0.339 e. The van der Waals surface area contributed by atoms with Crippen LogP contribution in [-0.2, 0) is 9.59 Å². The summed E-state index contributed by atoms with van der Waals surface area (Å²) in [6.07, 6.45) is 0. The van der Waals surface area contributed by atoms with E-state index in [0.29, 0.717) is 38.4 Å². The van der Waals surface area contributed by atoms with E-state index >= 15 is 0 Å². The fourth-order valence-corrected chi connectivity index (χ4v) is 2.36. The molecule has 7 heteroatoms. The van der Waals surface area contributed by atoms with E-state index in [0.717, 1.165) is 0 Å². The van der Waals surface area contributed by atoms with Crippen molar-refractivity contribution in [3.05, 3.63) is 30.1 Å². The Balaban J connectivity index is 1.74. The lowest BCUT2D eigenvalue weighted by atomic mass is 10.3. The van der Waals surface area contributed by atoms with Crippen LogP contribution in [0.25, 0.3) is 0 Å². The average molecular weight is 308 g/mol. The molecule has 1 heterocycles. The van der Waals surface area contributed by atoms with E-state index in [9.17, 15) is 14.0 Å². The largest absolute Gasteiger partial charge is 0.339 e. The number of nitrogens with zero attached hydrogens (tertiary/aromatic N) is 2. The zero-order chi connectivity index (χ0) is 15.9. The molecule has 0 aromatic heterocycles. The second-order valence-corrected chi connectivity index (χ2v) is 5.24. The Labute approximate surface area is 129 Å². The number of amides is 2. The van der Waals surface area contributed by atoms with Gasteiger partial charge >= 0.3 is 0 Å². The predicted molar refractivity (Wildman–Crippen MR) is 82.0 cm³/mol. The molecule has 22 heavy (non-hydrogen) atoms. The number of rotatable bonds is 5. The molecular weight excluding hydrogens is 287 g/mol. The Morgan fingerprint density at radius 2 is 1.77 bits per heavy atom. The van der Waals surface area contributed by atoms with Crippen molar-refractivity contribution >= 4 is 17.5 Å². The van der Waals surface area contributed by atoms with Crippen LogP contribution in [0, 0.1) is 5.82 Å². The van der Waals surface area contributed by atoms with Gasteiger partial charge in [0.1, 0.15) is 5.82 Å². The first-order valence-electron chi connectivity index (χ1n) is 7.28. The highest BCUT2D eigenvalue weighted by Gasteiger charge is 2.21. The maximum absolute atomic E-state index is 12.8. The molecule has 0 unspecified atom stereocenters. The molecular formula is C15H21FN4O2. The summed E-state index contributed by atoms with van der Waals surface area (Å²) < 4.78 is 12.8. The van der Waals surface area contributed by atoms with Crippen LogP contribution in [-0.4, -0.2) is 67.9 Å². The fourth-order valence-electron chi connectivity index (χ4n) is 2.36. The van der Waals surface area contributed by atoms with Crippen LogP contribution in [0.5, 0.6) is 0 Å². The van der Waals surface area contributed by atoms with Gasteiger partial charge in [-0.05, 0) is 31.3 Å². The molecule has 0 radical (unpaired) electrons. The molecule has 0 spiro atoms. The van der Waals surface area contributed by atoms with E-state index in [4.69, 9.17) is 0 Å². The van der Waals surface area contributed by atoms with Crippen molar-refractivity contribution in [2.24, 2.45) is 0 Å². The summed E-state index contributed by atoms with van der Waals surface area (Å²) in [4.78, 5) is 27.5. The number of nitrogens with one attached hydrogen (secondary N) is 2. The Bertz CT molecular complexity index is 513. The summed E-state index contributed by atoms with van der Waals surface area (Å²) >= 11 is 0. The van der Waals surface area contributed by atoms with Gasteiger partial charge in [-0.15, -0.1) is 0 Å². The monoisotopic (exact) mass is 308 g/mol. The van der Waals surface area contributed by atoms with Gasteiger partial charge in [-0.1, -0.05) is 0 Å². The van der Waals surface area contributed by atoms with Gasteiger partial charge in [-0.25, -0.2) is 4.39 Å². The van der Waals surface area contributed by atoms with E-state index < -0.39 is 0 Å². The fraction of sp³-hybridized carbons (Fsp3) is 0.467. The molecule has 1 aromatic carbocycles. The Hall–Kier alpha value is -1.99. The van der Waals surface area contributed by atoms with Crippen LogP contribution < -0.4 is 10.6 Å². The van der Waals surface area contributed by atoms with Crippen molar-refractivity contribution in [1.82, 2.24) is 15.1 Å². The van der Waals surface area contributed by atoms with Crippen LogP contribution >= 0.6 is 0 Å². The van der Waals surface area contributed by atoms with Crippen molar-refractivity contribution in [3.8, 4) is 0 Å². The SMILES string of the molecule is CNCC(=O)N1CCN(CC(=O)Nc2ccc(F)cc2)CC1. The van der Waals surface area contributed by atoms with E-state index in [1.807, 2.05) is 4.90 Å². The Morgan fingerprint density at radius 1 is 1.14 bits per heavy atom. The van der Waals surface area contributed by atoms with Gasteiger partial charge in [-0.2, -0.15) is 0 Å². The van der Waals surface area contributed by atoms with Gasteiger partial charge in [-0.3, -0.25) is 14.5 Å². The predicted octanol–water partition coefficient (Wildman–Crippen LogP) is 0.128. The maximum Gasteiger partial charge on any atom is 0.238 e. The summed E-state index contributed by atoms with van der Waals surface area (Å²) in [6, 6.07) is 5.67. The topological polar surface area (TPSA) is 64.7 Å². The lowest BCUT2D eigenvalue weighted by Gasteiger charge is -2.34. The number of carbonyl (C=O) groups is 2. The molecule has 0 atom stereocenters. The zero-order valence-corrected chi connectivity index (χ0v) is 12.6. The number of likely N-dealkylation sites (N-methyl/N-ethyl adjacent to an activating group) is 1. The molecule has 2 rings (SSSR count). The van der Waals surface area contributed by atoms with Gasteiger partial charge in [0, 0.05) is 31.9 Å². The molecule has 6 nitrogen and oxygen atoms in total. The first-order valence-corrected chi connectivity index (χ1v) is 7.28. The Morgan fingerprint density at radius 3 is 2.36 bits per heavy atom. The summed E-state index contributed by atoms with van der Waals surface area (Å²) in [5.41, 5.74) is 0.578. The van der Waals surface area contributed by atoms with Crippen molar-refractivity contribution in [3.63, 3.8) is 0 Å². The summed E-state index contributed by atoms with van der Waals surface area (Å²) in [5, 5.41) is 5.58. The molecule has 120 valence electrons. The number of anilines is 1. The average Bonchev–Trinajstić information content (AvgIpc) is 2.50. The highest BCUT2D eigenvalue weighted by molar-refractivity contribution is 5.92. The van der Waals surface area contributed by atoms with Crippen LogP contribution in [0.15, 0.2) is 24.3 Å². The second-order valence-electron chi connectivity index (χ2n) is 5.24. The van der Waals surface area contributed by atoms with E-state index in [-0.39, 0.29) is 24.2 Å². The van der Waals surface area contributed by atoms with Crippen molar-refractivity contribution in [1.29, 1.82) is 0 Å². The molecule has 2 amide bonds. The van der Waals surface area contributed by atoms with Crippen LogP contribution in [0.4, 0.5) is 10.1 Å². The van der Waals surface area contributed by atoms with Crippen LogP contribution in [0.1, 0.15) is 0 Å². The third kappa shape index (κ3) is 4.78. The number of piperazine rings is 1. The molecule has 2 N–H and O–H groups in total. The lowest BCUT2D eigenvalue weighted by Crippen LogP contribution is -2.51. The van der Waals surface area contributed by atoms with Gasteiger partial charge in [0.05, 0.1) is 13.1 Å². The smallest absolute Gasteiger partial charge is 0.238 e. The molecule has 0 bridgehead atoms. The zero-order valence-electron chi connectivity index (χ0n) is 12.6. The summed E-state index contributed by atoms with van der Waals surface area (Å²) in [7, 11) is 1.74. The summed E-state index contributed by atoms with van der Waals surface area (Å²) in [5.74, 6) is -0.389.